The number of unbranched alkanes of at least 4 members (excludes halogenated alkanes) is 24. The summed E-state index contributed by atoms with van der Waals surface area (Å²) < 4.78 is 11.5. The van der Waals surface area contributed by atoms with Crippen molar-refractivity contribution in [3.05, 3.63) is 30.1 Å². The number of aromatic nitrogens is 1. The van der Waals surface area contributed by atoms with Crippen LogP contribution in [0.1, 0.15) is 244 Å². The van der Waals surface area contributed by atoms with E-state index in [9.17, 15) is 14.7 Å². The first-order valence-electron chi connectivity index (χ1n) is 24.2. The summed E-state index contributed by atoms with van der Waals surface area (Å²) in [6.45, 7) is 9.76. The maximum absolute atomic E-state index is 12.8. The van der Waals surface area contributed by atoms with E-state index in [1.165, 1.54) is 122 Å². The van der Waals surface area contributed by atoms with Crippen molar-refractivity contribution in [1.29, 1.82) is 0 Å². The Hall–Kier alpha value is -1.99. The van der Waals surface area contributed by atoms with Crippen LogP contribution in [0.2, 0.25) is 0 Å². The van der Waals surface area contributed by atoms with E-state index in [1.54, 1.807) is 12.4 Å². The van der Waals surface area contributed by atoms with Gasteiger partial charge in [0.1, 0.15) is 6.10 Å². The second-order valence-electron chi connectivity index (χ2n) is 16.7. The first kappa shape index (κ1) is 52.0. The van der Waals surface area contributed by atoms with Crippen molar-refractivity contribution in [3.63, 3.8) is 0 Å². The quantitative estimate of drug-likeness (QED) is 0.0521. The molecule has 1 unspecified atom stereocenters. The lowest BCUT2D eigenvalue weighted by atomic mass is 10.0. The third kappa shape index (κ3) is 33.0. The number of pyridine rings is 1. The number of carbonyl (C=O) groups excluding carboxylic acids is 2. The molecule has 0 radical (unpaired) electrons. The minimum atomic E-state index is -0.550. The van der Waals surface area contributed by atoms with Gasteiger partial charge in [0.15, 0.2) is 0 Å². The lowest BCUT2D eigenvalue weighted by molar-refractivity contribution is -0.150. The van der Waals surface area contributed by atoms with Crippen molar-refractivity contribution in [2.75, 3.05) is 26.2 Å². The predicted octanol–water partition coefficient (Wildman–Crippen LogP) is 13.8. The van der Waals surface area contributed by atoms with Crippen molar-refractivity contribution in [1.82, 2.24) is 9.88 Å². The standard InChI is InChI=1S/C49H90N2O5/c1-4-7-10-13-16-17-18-24-32-43-55-48(53)35-29-25-31-42-51(44-47(52)45-37-39-50-40-38-45)41-30-23-19-22-28-36-49(54)56-46(33-26-20-14-11-8-5-2)34-27-21-15-12-9-6-3/h37-40,46-47,52H,4-36,41-44H2,1-3H3. The molecule has 1 aromatic rings. The van der Waals surface area contributed by atoms with E-state index < -0.39 is 6.10 Å². The molecular weight excluding hydrogens is 697 g/mol. The van der Waals surface area contributed by atoms with Gasteiger partial charge in [-0.1, -0.05) is 162 Å². The van der Waals surface area contributed by atoms with Crippen molar-refractivity contribution in [2.24, 2.45) is 0 Å². The average Bonchev–Trinajstić information content (AvgIpc) is 3.20. The van der Waals surface area contributed by atoms with E-state index in [2.05, 4.69) is 30.7 Å². The highest BCUT2D eigenvalue weighted by molar-refractivity contribution is 5.69. The van der Waals surface area contributed by atoms with E-state index in [4.69, 9.17) is 9.47 Å². The Morgan fingerprint density at radius 3 is 1.48 bits per heavy atom. The normalized spacial score (nSPS) is 12.1. The number of hydrogen-bond donors (Lipinski definition) is 1. The van der Waals surface area contributed by atoms with Gasteiger partial charge in [-0.2, -0.15) is 0 Å². The molecule has 1 aromatic heterocycles. The second kappa shape index (κ2) is 39.8. The zero-order valence-electron chi connectivity index (χ0n) is 37.1. The van der Waals surface area contributed by atoms with Crippen LogP contribution in [0.3, 0.4) is 0 Å². The Kier molecular flexibility index (Phi) is 37.0. The van der Waals surface area contributed by atoms with Gasteiger partial charge >= 0.3 is 11.9 Å². The Morgan fingerprint density at radius 1 is 0.554 bits per heavy atom. The Bertz CT molecular complexity index is 976. The number of hydrogen-bond acceptors (Lipinski definition) is 7. The molecular formula is C49H90N2O5. The summed E-state index contributed by atoms with van der Waals surface area (Å²) in [5.41, 5.74) is 0.896. The number of aliphatic hydroxyl groups excluding tert-OH is 1. The topological polar surface area (TPSA) is 89.0 Å². The van der Waals surface area contributed by atoms with Gasteiger partial charge in [0, 0.05) is 31.8 Å². The molecule has 0 bridgehead atoms. The molecule has 1 rings (SSSR count). The van der Waals surface area contributed by atoms with Crippen LogP contribution in [0.4, 0.5) is 0 Å². The number of rotatable bonds is 42. The molecule has 56 heavy (non-hydrogen) atoms. The fraction of sp³-hybridized carbons (Fsp3) is 0.857. The molecule has 1 heterocycles. The van der Waals surface area contributed by atoms with Crippen LogP contribution in [0.5, 0.6) is 0 Å². The van der Waals surface area contributed by atoms with Gasteiger partial charge in [0.25, 0.3) is 0 Å². The number of ether oxygens (including phenoxy) is 2. The summed E-state index contributed by atoms with van der Waals surface area (Å²) in [5.74, 6) is -0.0701. The third-order valence-electron chi connectivity index (χ3n) is 11.3. The first-order chi connectivity index (χ1) is 27.5. The van der Waals surface area contributed by atoms with Gasteiger partial charge in [0.05, 0.1) is 12.7 Å². The largest absolute Gasteiger partial charge is 0.466 e. The summed E-state index contributed by atoms with van der Waals surface area (Å²) in [7, 11) is 0. The summed E-state index contributed by atoms with van der Waals surface area (Å²) in [6.07, 6.45) is 40.7. The van der Waals surface area contributed by atoms with Gasteiger partial charge in [-0.3, -0.25) is 14.6 Å². The van der Waals surface area contributed by atoms with Crippen LogP contribution in [0.25, 0.3) is 0 Å². The molecule has 0 spiro atoms. The molecule has 7 nitrogen and oxygen atoms in total. The third-order valence-corrected chi connectivity index (χ3v) is 11.3. The molecule has 0 aliphatic heterocycles. The van der Waals surface area contributed by atoms with Gasteiger partial charge in [-0.05, 0) is 88.6 Å². The first-order valence-corrected chi connectivity index (χ1v) is 24.2. The molecule has 0 aliphatic carbocycles. The predicted molar refractivity (Wildman–Crippen MR) is 236 cm³/mol. The van der Waals surface area contributed by atoms with Gasteiger partial charge < -0.3 is 19.5 Å². The highest BCUT2D eigenvalue weighted by atomic mass is 16.5. The monoisotopic (exact) mass is 787 g/mol. The molecule has 0 aromatic carbocycles. The lowest BCUT2D eigenvalue weighted by Crippen LogP contribution is -2.31. The number of nitrogens with zero attached hydrogens (tertiary/aromatic N) is 2. The maximum Gasteiger partial charge on any atom is 0.306 e. The molecule has 326 valence electrons. The van der Waals surface area contributed by atoms with Gasteiger partial charge in [-0.15, -0.1) is 0 Å². The molecule has 1 N–H and O–H groups in total. The summed E-state index contributed by atoms with van der Waals surface area (Å²) >= 11 is 0. The average molecular weight is 787 g/mol. The number of esters is 2. The van der Waals surface area contributed by atoms with Crippen molar-refractivity contribution < 1.29 is 24.2 Å². The molecule has 0 fully saturated rings. The molecule has 0 amide bonds. The van der Waals surface area contributed by atoms with E-state index in [0.717, 1.165) is 95.7 Å². The minimum Gasteiger partial charge on any atom is -0.466 e. The SMILES string of the molecule is CCCCCCCCCCCOC(=O)CCCCCN(CCCCCCCC(=O)OC(CCCCCCCC)CCCCCCCC)CC(O)c1ccncc1. The number of aliphatic hydroxyl groups is 1. The second-order valence-corrected chi connectivity index (χ2v) is 16.7. The Balaban J connectivity index is 2.32. The van der Waals surface area contributed by atoms with Gasteiger partial charge in [-0.25, -0.2) is 0 Å². The molecule has 0 saturated heterocycles. The summed E-state index contributed by atoms with van der Waals surface area (Å²) in [5, 5.41) is 11.0. The smallest absolute Gasteiger partial charge is 0.306 e. The van der Waals surface area contributed by atoms with E-state index >= 15 is 0 Å². The van der Waals surface area contributed by atoms with Crippen LogP contribution < -0.4 is 0 Å². The van der Waals surface area contributed by atoms with Crippen LogP contribution in [0.15, 0.2) is 24.5 Å². The van der Waals surface area contributed by atoms with E-state index in [1.807, 2.05) is 12.1 Å². The van der Waals surface area contributed by atoms with Crippen molar-refractivity contribution in [3.8, 4) is 0 Å². The summed E-state index contributed by atoms with van der Waals surface area (Å²) in [6, 6.07) is 3.78. The minimum absolute atomic E-state index is 0.00435. The van der Waals surface area contributed by atoms with Gasteiger partial charge in [0.2, 0.25) is 0 Å². The van der Waals surface area contributed by atoms with Crippen LogP contribution in [-0.4, -0.2) is 59.3 Å². The fourth-order valence-electron chi connectivity index (χ4n) is 7.63. The highest BCUT2D eigenvalue weighted by Crippen LogP contribution is 2.19. The van der Waals surface area contributed by atoms with Crippen LogP contribution in [-0.2, 0) is 19.1 Å². The lowest BCUT2D eigenvalue weighted by Gasteiger charge is -2.25. The zero-order valence-corrected chi connectivity index (χ0v) is 37.1. The Morgan fingerprint density at radius 2 is 0.964 bits per heavy atom. The highest BCUT2D eigenvalue weighted by Gasteiger charge is 2.16. The van der Waals surface area contributed by atoms with E-state index in [0.29, 0.717) is 26.0 Å². The van der Waals surface area contributed by atoms with E-state index in [-0.39, 0.29) is 18.0 Å². The van der Waals surface area contributed by atoms with Crippen molar-refractivity contribution in [2.45, 2.75) is 245 Å². The molecule has 0 aliphatic rings. The maximum atomic E-state index is 12.8. The fourth-order valence-corrected chi connectivity index (χ4v) is 7.63. The summed E-state index contributed by atoms with van der Waals surface area (Å²) in [4.78, 5) is 31.6. The molecule has 0 saturated carbocycles. The van der Waals surface area contributed by atoms with Crippen LogP contribution in [0, 0.1) is 0 Å². The molecule has 1 atom stereocenters. The van der Waals surface area contributed by atoms with Crippen molar-refractivity contribution >= 4 is 11.9 Å². The number of carbonyl (C=O) groups is 2. The Labute approximate surface area is 346 Å². The van der Waals surface area contributed by atoms with Crippen LogP contribution >= 0.6 is 0 Å². The zero-order chi connectivity index (χ0) is 40.6. The molecule has 7 heteroatoms.